The molecule has 0 saturated carbocycles. The van der Waals surface area contributed by atoms with E-state index in [1.54, 1.807) is 0 Å². The molecule has 0 spiro atoms. The topological polar surface area (TPSA) is 24.5 Å². The Morgan fingerprint density at radius 2 is 2.33 bits per heavy atom. The molecular formula is C9H20N2O. The lowest BCUT2D eigenvalue weighted by Crippen LogP contribution is -2.41. The number of rotatable bonds is 4. The van der Waals surface area contributed by atoms with Gasteiger partial charge in [-0.3, -0.25) is 4.90 Å². The summed E-state index contributed by atoms with van der Waals surface area (Å²) in [6.45, 7) is 10.3. The van der Waals surface area contributed by atoms with Crippen molar-refractivity contribution in [1.82, 2.24) is 10.2 Å². The Kier molecular flexibility index (Phi) is 3.98. The molecule has 0 amide bonds. The predicted octanol–water partition coefficient (Wildman–Crippen LogP) is 0.663. The molecule has 1 aliphatic heterocycles. The van der Waals surface area contributed by atoms with Crippen LogP contribution in [0, 0.1) is 0 Å². The van der Waals surface area contributed by atoms with E-state index in [2.05, 4.69) is 31.0 Å². The summed E-state index contributed by atoms with van der Waals surface area (Å²) in [5, 5.41) is 3.43. The Morgan fingerprint density at radius 1 is 1.58 bits per heavy atom. The maximum absolute atomic E-state index is 5.38. The Morgan fingerprint density at radius 3 is 2.92 bits per heavy atom. The van der Waals surface area contributed by atoms with Gasteiger partial charge in [0.05, 0.1) is 13.3 Å². The average Bonchev–Trinajstić information content (AvgIpc) is 2.47. The van der Waals surface area contributed by atoms with Crippen molar-refractivity contribution in [2.45, 2.75) is 32.9 Å². The van der Waals surface area contributed by atoms with Gasteiger partial charge in [-0.25, -0.2) is 0 Å². The first-order chi connectivity index (χ1) is 5.74. The van der Waals surface area contributed by atoms with Crippen LogP contribution in [0.3, 0.4) is 0 Å². The van der Waals surface area contributed by atoms with Crippen LogP contribution < -0.4 is 5.32 Å². The van der Waals surface area contributed by atoms with E-state index in [1.807, 2.05) is 0 Å². The van der Waals surface area contributed by atoms with Gasteiger partial charge in [-0.1, -0.05) is 20.8 Å². The minimum atomic E-state index is 0.573. The highest BCUT2D eigenvalue weighted by Crippen LogP contribution is 2.07. The molecule has 1 rings (SSSR count). The molecule has 0 bridgehead atoms. The monoisotopic (exact) mass is 172 g/mol. The smallest absolute Gasteiger partial charge is 0.0994 e. The third-order valence-electron chi connectivity index (χ3n) is 2.25. The van der Waals surface area contributed by atoms with Crippen LogP contribution in [-0.2, 0) is 4.74 Å². The van der Waals surface area contributed by atoms with Gasteiger partial charge in [0.25, 0.3) is 0 Å². The van der Waals surface area contributed by atoms with E-state index >= 15 is 0 Å². The zero-order valence-electron chi connectivity index (χ0n) is 8.34. The molecule has 3 heteroatoms. The Bertz CT molecular complexity index is 128. The normalized spacial score (nSPS) is 25.5. The van der Waals surface area contributed by atoms with E-state index in [-0.39, 0.29) is 0 Å². The van der Waals surface area contributed by atoms with Crippen LogP contribution >= 0.6 is 0 Å². The molecule has 3 nitrogen and oxygen atoms in total. The molecule has 1 aliphatic rings. The molecule has 0 aromatic rings. The second kappa shape index (κ2) is 4.80. The van der Waals surface area contributed by atoms with Crippen molar-refractivity contribution in [2.75, 3.05) is 26.4 Å². The van der Waals surface area contributed by atoms with E-state index in [0.29, 0.717) is 12.1 Å². The second-order valence-electron chi connectivity index (χ2n) is 3.62. The first-order valence-electron chi connectivity index (χ1n) is 4.79. The molecule has 1 heterocycles. The van der Waals surface area contributed by atoms with E-state index in [9.17, 15) is 0 Å². The lowest BCUT2D eigenvalue weighted by atomic mass is 10.2. The number of nitrogens with zero attached hydrogens (tertiary/aromatic N) is 1. The van der Waals surface area contributed by atoms with Gasteiger partial charge < -0.3 is 10.1 Å². The van der Waals surface area contributed by atoms with Crippen LogP contribution in [0.2, 0.25) is 0 Å². The van der Waals surface area contributed by atoms with Gasteiger partial charge in [-0.2, -0.15) is 0 Å². The lowest BCUT2D eigenvalue weighted by Gasteiger charge is -2.21. The molecule has 1 atom stereocenters. The molecule has 72 valence electrons. The zero-order chi connectivity index (χ0) is 8.97. The molecule has 1 unspecified atom stereocenters. The molecule has 0 aromatic carbocycles. The van der Waals surface area contributed by atoms with Crippen molar-refractivity contribution >= 4 is 0 Å². The maximum Gasteiger partial charge on any atom is 0.0994 e. The highest BCUT2D eigenvalue weighted by atomic mass is 16.5. The number of ether oxygens (including phenoxy) is 1. The fraction of sp³-hybridized carbons (Fsp3) is 1.00. The van der Waals surface area contributed by atoms with Gasteiger partial charge in [-0.05, 0) is 6.54 Å². The molecule has 1 saturated heterocycles. The van der Waals surface area contributed by atoms with E-state index < -0.39 is 0 Å². The largest absolute Gasteiger partial charge is 0.364 e. The van der Waals surface area contributed by atoms with Crippen molar-refractivity contribution in [3.05, 3.63) is 0 Å². The third-order valence-corrected chi connectivity index (χ3v) is 2.25. The first-order valence-corrected chi connectivity index (χ1v) is 4.79. The van der Waals surface area contributed by atoms with Crippen molar-refractivity contribution in [3.63, 3.8) is 0 Å². The SMILES string of the molecule is CCN1COCC1CNC(C)C. The van der Waals surface area contributed by atoms with Gasteiger partial charge in [0.15, 0.2) is 0 Å². The van der Waals surface area contributed by atoms with Crippen molar-refractivity contribution < 1.29 is 4.74 Å². The molecule has 0 aromatic heterocycles. The van der Waals surface area contributed by atoms with E-state index in [1.165, 1.54) is 0 Å². The second-order valence-corrected chi connectivity index (χ2v) is 3.62. The summed E-state index contributed by atoms with van der Waals surface area (Å²) in [6.07, 6.45) is 0. The summed E-state index contributed by atoms with van der Waals surface area (Å²) in [5.74, 6) is 0. The lowest BCUT2D eigenvalue weighted by molar-refractivity contribution is 0.142. The van der Waals surface area contributed by atoms with E-state index in [0.717, 1.165) is 26.4 Å². The van der Waals surface area contributed by atoms with Crippen LogP contribution in [0.4, 0.5) is 0 Å². The summed E-state index contributed by atoms with van der Waals surface area (Å²) >= 11 is 0. The standard InChI is InChI=1S/C9H20N2O/c1-4-11-7-12-6-9(11)5-10-8(2)3/h8-10H,4-7H2,1-3H3. The van der Waals surface area contributed by atoms with Crippen molar-refractivity contribution in [1.29, 1.82) is 0 Å². The Labute approximate surface area is 75.1 Å². The van der Waals surface area contributed by atoms with Crippen LogP contribution in [0.1, 0.15) is 20.8 Å². The zero-order valence-corrected chi connectivity index (χ0v) is 8.34. The highest BCUT2D eigenvalue weighted by Gasteiger charge is 2.22. The molecular weight excluding hydrogens is 152 g/mol. The fourth-order valence-electron chi connectivity index (χ4n) is 1.43. The molecule has 0 radical (unpaired) electrons. The Balaban J connectivity index is 2.21. The van der Waals surface area contributed by atoms with Gasteiger partial charge in [0.2, 0.25) is 0 Å². The van der Waals surface area contributed by atoms with Crippen LogP contribution in [0.25, 0.3) is 0 Å². The Hall–Kier alpha value is -0.120. The van der Waals surface area contributed by atoms with Crippen LogP contribution in [0.15, 0.2) is 0 Å². The highest BCUT2D eigenvalue weighted by molar-refractivity contribution is 4.76. The first kappa shape index (κ1) is 9.96. The third kappa shape index (κ3) is 2.73. The minimum absolute atomic E-state index is 0.573. The summed E-state index contributed by atoms with van der Waals surface area (Å²) in [4.78, 5) is 2.36. The van der Waals surface area contributed by atoms with Gasteiger partial charge in [0, 0.05) is 18.6 Å². The quantitative estimate of drug-likeness (QED) is 0.674. The summed E-state index contributed by atoms with van der Waals surface area (Å²) < 4.78 is 5.38. The fourth-order valence-corrected chi connectivity index (χ4v) is 1.43. The van der Waals surface area contributed by atoms with Crippen molar-refractivity contribution in [3.8, 4) is 0 Å². The van der Waals surface area contributed by atoms with Crippen LogP contribution in [0.5, 0.6) is 0 Å². The molecule has 1 fully saturated rings. The average molecular weight is 172 g/mol. The number of hydrogen-bond acceptors (Lipinski definition) is 3. The van der Waals surface area contributed by atoms with Crippen molar-refractivity contribution in [2.24, 2.45) is 0 Å². The van der Waals surface area contributed by atoms with Gasteiger partial charge >= 0.3 is 0 Å². The van der Waals surface area contributed by atoms with Gasteiger partial charge in [-0.15, -0.1) is 0 Å². The summed E-state index contributed by atoms with van der Waals surface area (Å²) in [7, 11) is 0. The van der Waals surface area contributed by atoms with E-state index in [4.69, 9.17) is 4.74 Å². The summed E-state index contributed by atoms with van der Waals surface area (Å²) in [5.41, 5.74) is 0. The molecule has 1 N–H and O–H groups in total. The van der Waals surface area contributed by atoms with Crippen LogP contribution in [-0.4, -0.2) is 43.4 Å². The molecule has 0 aliphatic carbocycles. The predicted molar refractivity (Wildman–Crippen MR) is 50.1 cm³/mol. The van der Waals surface area contributed by atoms with Gasteiger partial charge in [0.1, 0.15) is 0 Å². The number of nitrogens with one attached hydrogen (secondary N) is 1. The molecule has 12 heavy (non-hydrogen) atoms. The minimum Gasteiger partial charge on any atom is -0.364 e. The summed E-state index contributed by atoms with van der Waals surface area (Å²) in [6, 6.07) is 1.15. The number of likely N-dealkylation sites (N-methyl/N-ethyl adjacent to an activating group) is 1. The maximum atomic E-state index is 5.38. The number of hydrogen-bond donors (Lipinski definition) is 1.